The molecular weight excluding hydrogens is 182 g/mol. The van der Waals surface area contributed by atoms with E-state index in [1.165, 1.54) is 0 Å². The highest BCUT2D eigenvalue weighted by atomic mass is 32.2. The standard InChI is InChI=1S/C10H13NOS/c12-8-4-3-5-9(8)13-10-6-1-2-7-11-10/h1-2,6-9,12H,3-5H2/t8-,9-/m1/s1. The van der Waals surface area contributed by atoms with E-state index >= 15 is 0 Å². The highest BCUT2D eigenvalue weighted by molar-refractivity contribution is 7.99. The van der Waals surface area contributed by atoms with Crippen LogP contribution in [0.3, 0.4) is 0 Å². The summed E-state index contributed by atoms with van der Waals surface area (Å²) in [5.74, 6) is 0. The van der Waals surface area contributed by atoms with Gasteiger partial charge in [0.1, 0.15) is 0 Å². The fourth-order valence-corrected chi connectivity index (χ4v) is 2.78. The number of pyridine rings is 1. The van der Waals surface area contributed by atoms with Crippen molar-refractivity contribution in [1.29, 1.82) is 0 Å². The highest BCUT2D eigenvalue weighted by Gasteiger charge is 2.26. The van der Waals surface area contributed by atoms with Crippen LogP contribution in [-0.4, -0.2) is 21.4 Å². The second-order valence-electron chi connectivity index (χ2n) is 3.32. The Bertz CT molecular complexity index is 265. The lowest BCUT2D eigenvalue weighted by atomic mass is 10.3. The van der Waals surface area contributed by atoms with Gasteiger partial charge in [-0.1, -0.05) is 6.07 Å². The van der Waals surface area contributed by atoms with Crippen molar-refractivity contribution in [2.75, 3.05) is 0 Å². The zero-order chi connectivity index (χ0) is 9.10. The maximum atomic E-state index is 9.60. The Morgan fingerprint density at radius 3 is 2.92 bits per heavy atom. The van der Waals surface area contributed by atoms with E-state index in [9.17, 15) is 5.11 Å². The summed E-state index contributed by atoms with van der Waals surface area (Å²) in [6.07, 6.45) is 4.87. The fourth-order valence-electron chi connectivity index (χ4n) is 1.62. The molecule has 1 aromatic rings. The second kappa shape index (κ2) is 4.11. The minimum atomic E-state index is -0.132. The lowest BCUT2D eigenvalue weighted by Crippen LogP contribution is -2.14. The second-order valence-corrected chi connectivity index (χ2v) is 4.58. The molecule has 1 N–H and O–H groups in total. The van der Waals surface area contributed by atoms with Crippen molar-refractivity contribution >= 4 is 11.8 Å². The summed E-state index contributed by atoms with van der Waals surface area (Å²) in [5.41, 5.74) is 0. The SMILES string of the molecule is O[C@@H]1CCC[C@H]1Sc1ccccn1. The van der Waals surface area contributed by atoms with E-state index in [0.29, 0.717) is 5.25 Å². The van der Waals surface area contributed by atoms with Gasteiger partial charge < -0.3 is 5.11 Å². The van der Waals surface area contributed by atoms with Gasteiger partial charge in [-0.3, -0.25) is 0 Å². The summed E-state index contributed by atoms with van der Waals surface area (Å²) in [7, 11) is 0. The summed E-state index contributed by atoms with van der Waals surface area (Å²) >= 11 is 1.70. The molecule has 3 heteroatoms. The van der Waals surface area contributed by atoms with E-state index in [1.54, 1.807) is 18.0 Å². The Kier molecular flexibility index (Phi) is 2.86. The van der Waals surface area contributed by atoms with E-state index < -0.39 is 0 Å². The summed E-state index contributed by atoms with van der Waals surface area (Å²) in [6.45, 7) is 0. The van der Waals surface area contributed by atoms with Crippen LogP contribution in [0.5, 0.6) is 0 Å². The first kappa shape index (κ1) is 9.03. The van der Waals surface area contributed by atoms with E-state index in [2.05, 4.69) is 4.98 Å². The van der Waals surface area contributed by atoms with Gasteiger partial charge in [0.15, 0.2) is 0 Å². The van der Waals surface area contributed by atoms with Crippen molar-refractivity contribution < 1.29 is 5.11 Å². The molecule has 2 nitrogen and oxygen atoms in total. The molecule has 0 saturated heterocycles. The third kappa shape index (κ3) is 2.23. The first-order valence-corrected chi connectivity index (χ1v) is 5.50. The molecule has 2 atom stereocenters. The van der Waals surface area contributed by atoms with E-state index in [4.69, 9.17) is 0 Å². The largest absolute Gasteiger partial charge is 0.392 e. The molecule has 70 valence electrons. The van der Waals surface area contributed by atoms with Gasteiger partial charge in [-0.2, -0.15) is 0 Å². The van der Waals surface area contributed by atoms with E-state index in [-0.39, 0.29) is 6.10 Å². The zero-order valence-electron chi connectivity index (χ0n) is 7.39. The van der Waals surface area contributed by atoms with Gasteiger partial charge >= 0.3 is 0 Å². The molecule has 13 heavy (non-hydrogen) atoms. The molecule has 1 fully saturated rings. The molecule has 0 spiro atoms. The molecule has 1 aliphatic rings. The normalized spacial score (nSPS) is 27.8. The molecule has 0 bridgehead atoms. The van der Waals surface area contributed by atoms with Gasteiger partial charge in [0.2, 0.25) is 0 Å². The Hall–Kier alpha value is -0.540. The number of hydrogen-bond donors (Lipinski definition) is 1. The zero-order valence-corrected chi connectivity index (χ0v) is 8.20. The lowest BCUT2D eigenvalue weighted by molar-refractivity contribution is 0.188. The number of hydrogen-bond acceptors (Lipinski definition) is 3. The minimum absolute atomic E-state index is 0.132. The Balaban J connectivity index is 1.98. The van der Waals surface area contributed by atoms with Crippen LogP contribution in [0.15, 0.2) is 29.4 Å². The lowest BCUT2D eigenvalue weighted by Gasteiger charge is -2.12. The van der Waals surface area contributed by atoms with Crippen molar-refractivity contribution in [3.05, 3.63) is 24.4 Å². The van der Waals surface area contributed by atoms with Gasteiger partial charge in [0, 0.05) is 11.4 Å². The van der Waals surface area contributed by atoms with Gasteiger partial charge in [0.05, 0.1) is 11.1 Å². The van der Waals surface area contributed by atoms with E-state index in [0.717, 1.165) is 24.3 Å². The van der Waals surface area contributed by atoms with Crippen LogP contribution >= 0.6 is 11.8 Å². The molecule has 1 aromatic heterocycles. The predicted molar refractivity (Wildman–Crippen MR) is 53.7 cm³/mol. The number of aromatic nitrogens is 1. The Labute approximate surface area is 82.4 Å². The smallest absolute Gasteiger partial charge is 0.0963 e. The molecule has 0 radical (unpaired) electrons. The van der Waals surface area contributed by atoms with Gasteiger partial charge in [0.25, 0.3) is 0 Å². The summed E-state index contributed by atoms with van der Waals surface area (Å²) in [4.78, 5) is 4.23. The van der Waals surface area contributed by atoms with Crippen LogP contribution in [0.1, 0.15) is 19.3 Å². The molecule has 2 rings (SSSR count). The predicted octanol–water partition coefficient (Wildman–Crippen LogP) is 2.09. The molecular formula is C10H13NOS. The summed E-state index contributed by atoms with van der Waals surface area (Å²) < 4.78 is 0. The number of rotatable bonds is 2. The molecule has 1 saturated carbocycles. The number of thioether (sulfide) groups is 1. The van der Waals surface area contributed by atoms with Crippen LogP contribution < -0.4 is 0 Å². The molecule has 0 aliphatic heterocycles. The summed E-state index contributed by atoms with van der Waals surface area (Å²) in [5, 5.41) is 11.0. The van der Waals surface area contributed by atoms with E-state index in [1.807, 2.05) is 18.2 Å². The van der Waals surface area contributed by atoms with Crippen LogP contribution in [0.2, 0.25) is 0 Å². The van der Waals surface area contributed by atoms with Crippen molar-refractivity contribution in [2.45, 2.75) is 35.6 Å². The number of aliphatic hydroxyl groups is 1. The van der Waals surface area contributed by atoms with Crippen molar-refractivity contribution in [2.24, 2.45) is 0 Å². The monoisotopic (exact) mass is 195 g/mol. The van der Waals surface area contributed by atoms with Gasteiger partial charge in [-0.25, -0.2) is 4.98 Å². The number of nitrogens with zero attached hydrogens (tertiary/aromatic N) is 1. The molecule has 0 aromatic carbocycles. The van der Waals surface area contributed by atoms with Crippen LogP contribution in [0, 0.1) is 0 Å². The molecule has 0 unspecified atom stereocenters. The highest BCUT2D eigenvalue weighted by Crippen LogP contribution is 2.33. The molecule has 0 amide bonds. The van der Waals surface area contributed by atoms with Crippen molar-refractivity contribution in [3.8, 4) is 0 Å². The minimum Gasteiger partial charge on any atom is -0.392 e. The third-order valence-corrected chi connectivity index (χ3v) is 3.66. The maximum Gasteiger partial charge on any atom is 0.0963 e. The Morgan fingerprint density at radius 1 is 1.38 bits per heavy atom. The third-order valence-electron chi connectivity index (χ3n) is 2.33. The van der Waals surface area contributed by atoms with Gasteiger partial charge in [-0.15, -0.1) is 11.8 Å². The first-order valence-electron chi connectivity index (χ1n) is 4.62. The molecule has 1 aliphatic carbocycles. The van der Waals surface area contributed by atoms with Crippen LogP contribution in [-0.2, 0) is 0 Å². The topological polar surface area (TPSA) is 33.1 Å². The first-order chi connectivity index (χ1) is 6.36. The van der Waals surface area contributed by atoms with Crippen molar-refractivity contribution in [3.63, 3.8) is 0 Å². The Morgan fingerprint density at radius 2 is 2.31 bits per heavy atom. The fraction of sp³-hybridized carbons (Fsp3) is 0.500. The maximum absolute atomic E-state index is 9.60. The van der Waals surface area contributed by atoms with Crippen LogP contribution in [0.25, 0.3) is 0 Å². The van der Waals surface area contributed by atoms with Gasteiger partial charge in [-0.05, 0) is 31.4 Å². The van der Waals surface area contributed by atoms with Crippen molar-refractivity contribution in [1.82, 2.24) is 4.98 Å². The quantitative estimate of drug-likeness (QED) is 0.784. The number of aliphatic hydroxyl groups excluding tert-OH is 1. The average molecular weight is 195 g/mol. The molecule has 1 heterocycles. The summed E-state index contributed by atoms with van der Waals surface area (Å²) in [6, 6.07) is 5.89. The average Bonchev–Trinajstić information content (AvgIpc) is 2.54. The van der Waals surface area contributed by atoms with Crippen LogP contribution in [0.4, 0.5) is 0 Å².